The molecule has 0 spiro atoms. The van der Waals surface area contributed by atoms with Crippen LogP contribution in [0.15, 0.2) is 24.3 Å². The first kappa shape index (κ1) is 15.1. The summed E-state index contributed by atoms with van der Waals surface area (Å²) in [7, 11) is 0. The summed E-state index contributed by atoms with van der Waals surface area (Å²) in [5.74, 6) is 8.04. The van der Waals surface area contributed by atoms with Gasteiger partial charge in [-0.15, -0.1) is 6.42 Å². The van der Waals surface area contributed by atoms with Gasteiger partial charge in [-0.25, -0.2) is 0 Å². The molecule has 0 saturated carbocycles. The minimum Gasteiger partial charge on any atom is -0.352 e. The lowest BCUT2D eigenvalue weighted by atomic mass is 10.2. The smallest absolute Gasteiger partial charge is 0.243 e. The summed E-state index contributed by atoms with van der Waals surface area (Å²) < 4.78 is 0. The van der Waals surface area contributed by atoms with Crippen LogP contribution in [-0.2, 0) is 4.79 Å². The second-order valence-corrected chi connectivity index (χ2v) is 3.91. The first-order valence-corrected chi connectivity index (χ1v) is 5.71. The van der Waals surface area contributed by atoms with Gasteiger partial charge in [-0.2, -0.15) is 0 Å². The minimum absolute atomic E-state index is 0.0597. The maximum Gasteiger partial charge on any atom is 0.243 e. The highest BCUT2D eigenvalue weighted by molar-refractivity contribution is 5.87. The molecule has 2 nitrogen and oxygen atoms in total. The van der Waals surface area contributed by atoms with Crippen LogP contribution in [-0.4, -0.2) is 12.5 Å². The molecule has 1 amide bonds. The van der Waals surface area contributed by atoms with Gasteiger partial charge in [-0.1, -0.05) is 38.0 Å². The van der Waals surface area contributed by atoms with Crippen molar-refractivity contribution in [1.29, 1.82) is 0 Å². The average Bonchev–Trinajstić information content (AvgIpc) is 2.30. The fraction of sp³-hybridized carbons (Fsp3) is 0.400. The Morgan fingerprint density at radius 2 is 2.18 bits per heavy atom. The molecule has 0 aliphatic carbocycles. The predicted octanol–water partition coefficient (Wildman–Crippen LogP) is 2.29. The highest BCUT2D eigenvalue weighted by Gasteiger charge is 1.95. The van der Waals surface area contributed by atoms with Crippen LogP contribution >= 0.6 is 0 Å². The van der Waals surface area contributed by atoms with Crippen molar-refractivity contribution in [3.63, 3.8) is 0 Å². The number of rotatable bonds is 6. The van der Waals surface area contributed by atoms with Crippen molar-refractivity contribution in [2.45, 2.75) is 26.7 Å². The quantitative estimate of drug-likeness (QED) is 0.322. The molecule has 0 atom stereocenters. The Kier molecular flexibility index (Phi) is 9.38. The Morgan fingerprint density at radius 3 is 2.82 bits per heavy atom. The molecule has 0 fully saturated rings. The van der Waals surface area contributed by atoms with Crippen molar-refractivity contribution in [3.05, 3.63) is 24.3 Å². The van der Waals surface area contributed by atoms with Crippen LogP contribution in [0.2, 0.25) is 0 Å². The summed E-state index contributed by atoms with van der Waals surface area (Å²) >= 11 is 0. The van der Waals surface area contributed by atoms with Gasteiger partial charge in [0.1, 0.15) is 0 Å². The van der Waals surface area contributed by atoms with E-state index in [2.05, 4.69) is 36.9 Å². The molecular formula is C15H19NO. The number of carbonyl (C=O) groups is 1. The molecule has 17 heavy (non-hydrogen) atoms. The molecule has 0 aromatic carbocycles. The summed E-state index contributed by atoms with van der Waals surface area (Å²) in [6.07, 6.45) is 13.6. The highest BCUT2D eigenvalue weighted by Crippen LogP contribution is 1.90. The van der Waals surface area contributed by atoms with E-state index in [9.17, 15) is 4.79 Å². The number of carbonyl (C=O) groups excluding carboxylic acids is 1. The highest BCUT2D eigenvalue weighted by atomic mass is 16.1. The van der Waals surface area contributed by atoms with Gasteiger partial charge in [0, 0.05) is 19.0 Å². The van der Waals surface area contributed by atoms with E-state index >= 15 is 0 Å². The third kappa shape index (κ3) is 12.0. The summed E-state index contributed by atoms with van der Waals surface area (Å²) in [5.41, 5.74) is 0. The number of amides is 1. The van der Waals surface area contributed by atoms with E-state index in [1.165, 1.54) is 6.08 Å². The molecule has 0 saturated heterocycles. The van der Waals surface area contributed by atoms with Gasteiger partial charge in [-0.05, 0) is 24.2 Å². The fourth-order valence-corrected chi connectivity index (χ4v) is 0.950. The first-order valence-electron chi connectivity index (χ1n) is 5.71. The third-order valence-corrected chi connectivity index (χ3v) is 1.78. The second kappa shape index (κ2) is 10.6. The van der Waals surface area contributed by atoms with E-state index in [1.807, 2.05) is 12.2 Å². The SMILES string of the molecule is C#CC#CCC/C=C/C=C\C(=O)NCC(C)C. The van der Waals surface area contributed by atoms with Gasteiger partial charge in [0.2, 0.25) is 5.91 Å². The molecule has 0 bridgehead atoms. The zero-order chi connectivity index (χ0) is 12.9. The lowest BCUT2D eigenvalue weighted by molar-refractivity contribution is -0.116. The molecule has 0 aromatic heterocycles. The van der Waals surface area contributed by atoms with Gasteiger partial charge in [-0.3, -0.25) is 4.79 Å². The molecule has 0 aromatic rings. The number of allylic oxidation sites excluding steroid dienone is 3. The van der Waals surface area contributed by atoms with Crippen molar-refractivity contribution in [3.8, 4) is 24.2 Å². The van der Waals surface area contributed by atoms with Crippen LogP contribution in [0, 0.1) is 30.1 Å². The van der Waals surface area contributed by atoms with E-state index in [-0.39, 0.29) is 5.91 Å². The lowest BCUT2D eigenvalue weighted by Crippen LogP contribution is -2.25. The summed E-state index contributed by atoms with van der Waals surface area (Å²) in [6, 6.07) is 0. The first-order chi connectivity index (χ1) is 8.16. The summed E-state index contributed by atoms with van der Waals surface area (Å²) in [5, 5.41) is 2.80. The Morgan fingerprint density at radius 1 is 1.41 bits per heavy atom. The van der Waals surface area contributed by atoms with Gasteiger partial charge in [0.05, 0.1) is 0 Å². The third-order valence-electron chi connectivity index (χ3n) is 1.78. The van der Waals surface area contributed by atoms with Crippen molar-refractivity contribution in [1.82, 2.24) is 5.32 Å². The second-order valence-electron chi connectivity index (χ2n) is 3.91. The molecular weight excluding hydrogens is 210 g/mol. The van der Waals surface area contributed by atoms with Crippen LogP contribution in [0.25, 0.3) is 0 Å². The topological polar surface area (TPSA) is 29.1 Å². The molecule has 90 valence electrons. The summed E-state index contributed by atoms with van der Waals surface area (Å²) in [4.78, 5) is 11.2. The summed E-state index contributed by atoms with van der Waals surface area (Å²) in [6.45, 7) is 4.82. The van der Waals surface area contributed by atoms with E-state index in [1.54, 1.807) is 6.08 Å². The zero-order valence-electron chi connectivity index (χ0n) is 10.5. The normalized spacial score (nSPS) is 10.2. The number of terminal acetylenes is 1. The molecule has 0 aliphatic heterocycles. The Bertz CT molecular complexity index is 372. The zero-order valence-corrected chi connectivity index (χ0v) is 10.5. The van der Waals surface area contributed by atoms with E-state index < -0.39 is 0 Å². The van der Waals surface area contributed by atoms with Gasteiger partial charge in [0.25, 0.3) is 0 Å². The standard InChI is InChI=1S/C15H19NO/c1-4-5-6-7-8-9-10-11-12-15(17)16-13-14(2)3/h1,9-12,14H,7-8,13H2,2-3H3,(H,16,17)/b10-9+,12-11-. The van der Waals surface area contributed by atoms with E-state index in [0.717, 1.165) is 12.8 Å². The van der Waals surface area contributed by atoms with E-state index in [4.69, 9.17) is 6.42 Å². The molecule has 0 rings (SSSR count). The Balaban J connectivity index is 3.68. The predicted molar refractivity (Wildman–Crippen MR) is 72.0 cm³/mol. The van der Waals surface area contributed by atoms with Crippen LogP contribution in [0.5, 0.6) is 0 Å². The molecule has 0 heterocycles. The van der Waals surface area contributed by atoms with Gasteiger partial charge >= 0.3 is 0 Å². The van der Waals surface area contributed by atoms with Crippen LogP contribution in [0.4, 0.5) is 0 Å². The number of hydrogen-bond donors (Lipinski definition) is 1. The Hall–Kier alpha value is -1.93. The minimum atomic E-state index is -0.0597. The average molecular weight is 229 g/mol. The van der Waals surface area contributed by atoms with Gasteiger partial charge in [0.15, 0.2) is 0 Å². The van der Waals surface area contributed by atoms with Crippen LogP contribution < -0.4 is 5.32 Å². The Labute approximate surface area is 104 Å². The fourth-order valence-electron chi connectivity index (χ4n) is 0.950. The van der Waals surface area contributed by atoms with Crippen molar-refractivity contribution < 1.29 is 4.79 Å². The maximum atomic E-state index is 11.2. The molecule has 0 aliphatic rings. The molecule has 1 N–H and O–H groups in total. The molecule has 2 heteroatoms. The van der Waals surface area contributed by atoms with Crippen LogP contribution in [0.1, 0.15) is 26.7 Å². The van der Waals surface area contributed by atoms with Crippen LogP contribution in [0.3, 0.4) is 0 Å². The van der Waals surface area contributed by atoms with Crippen molar-refractivity contribution in [2.24, 2.45) is 5.92 Å². The monoisotopic (exact) mass is 229 g/mol. The van der Waals surface area contributed by atoms with Gasteiger partial charge < -0.3 is 5.32 Å². The van der Waals surface area contributed by atoms with Crippen molar-refractivity contribution in [2.75, 3.05) is 6.54 Å². The number of nitrogens with one attached hydrogen (secondary N) is 1. The number of unbranched alkanes of at least 4 members (excludes halogenated alkanes) is 1. The van der Waals surface area contributed by atoms with E-state index in [0.29, 0.717) is 12.5 Å². The van der Waals surface area contributed by atoms with Crippen molar-refractivity contribution >= 4 is 5.91 Å². The number of hydrogen-bond acceptors (Lipinski definition) is 1. The maximum absolute atomic E-state index is 11.2. The largest absolute Gasteiger partial charge is 0.352 e. The molecule has 0 radical (unpaired) electrons. The lowest BCUT2D eigenvalue weighted by Gasteiger charge is -2.03. The molecule has 0 unspecified atom stereocenters.